The molecule has 0 spiro atoms. The van der Waals surface area contributed by atoms with Crippen molar-refractivity contribution in [3.63, 3.8) is 0 Å². The Hall–Kier alpha value is -1.66. The number of carbonyl (C=O) groups excluding carboxylic acids is 2. The molecule has 0 radical (unpaired) electrons. The third kappa shape index (κ3) is 4.18. The van der Waals surface area contributed by atoms with E-state index in [0.29, 0.717) is 11.3 Å². The molecule has 0 saturated carbocycles. The predicted octanol–water partition coefficient (Wildman–Crippen LogP) is 0.0841. The van der Waals surface area contributed by atoms with Gasteiger partial charge in [0.2, 0.25) is 5.91 Å². The second kappa shape index (κ2) is 7.06. The molecule has 2 heterocycles. The molecule has 1 atom stereocenters. The molecule has 1 aromatic rings. The van der Waals surface area contributed by atoms with Crippen molar-refractivity contribution >= 4 is 24.2 Å². The number of halogens is 1. The summed E-state index contributed by atoms with van der Waals surface area (Å²) in [5.41, 5.74) is 5.70. The molecule has 0 unspecified atom stereocenters. The average Bonchev–Trinajstić information content (AvgIpc) is 2.40. The maximum absolute atomic E-state index is 11.9. The number of primary amides is 1. The molecular weight excluding hydrogens is 268 g/mol. The molecule has 1 fully saturated rings. The summed E-state index contributed by atoms with van der Waals surface area (Å²) in [5, 5.41) is 6.12. The van der Waals surface area contributed by atoms with Crippen molar-refractivity contribution in [3.05, 3.63) is 29.6 Å². The van der Waals surface area contributed by atoms with Crippen LogP contribution < -0.4 is 16.4 Å². The van der Waals surface area contributed by atoms with Crippen molar-refractivity contribution < 1.29 is 9.59 Å². The molecule has 7 heteroatoms. The summed E-state index contributed by atoms with van der Waals surface area (Å²) in [5.74, 6) is -0.773. The highest BCUT2D eigenvalue weighted by molar-refractivity contribution is 5.95. The van der Waals surface area contributed by atoms with Gasteiger partial charge in [-0.25, -0.2) is 0 Å². The van der Waals surface area contributed by atoms with Crippen LogP contribution in [0, 0.1) is 0 Å². The lowest BCUT2D eigenvalue weighted by Crippen LogP contribution is -2.45. The molecule has 19 heavy (non-hydrogen) atoms. The van der Waals surface area contributed by atoms with Crippen LogP contribution in [0.4, 0.5) is 0 Å². The van der Waals surface area contributed by atoms with Crippen LogP contribution in [0.5, 0.6) is 0 Å². The zero-order valence-corrected chi connectivity index (χ0v) is 11.2. The molecule has 4 N–H and O–H groups in total. The smallest absolute Gasteiger partial charge is 0.270 e. The Balaban J connectivity index is 0.00000180. The lowest BCUT2D eigenvalue weighted by atomic mass is 10.1. The normalized spacial score (nSPS) is 18.2. The molecule has 0 bridgehead atoms. The van der Waals surface area contributed by atoms with Gasteiger partial charge in [0, 0.05) is 18.8 Å². The Labute approximate surface area is 117 Å². The summed E-state index contributed by atoms with van der Waals surface area (Å²) in [7, 11) is 0. The molecule has 0 aromatic carbocycles. The fourth-order valence-corrected chi connectivity index (χ4v) is 1.91. The van der Waals surface area contributed by atoms with E-state index in [1.165, 1.54) is 18.3 Å². The number of aromatic nitrogens is 1. The van der Waals surface area contributed by atoms with Crippen molar-refractivity contribution in [3.8, 4) is 0 Å². The van der Waals surface area contributed by atoms with Gasteiger partial charge in [-0.1, -0.05) is 0 Å². The number of nitrogens with zero attached hydrogens (tertiary/aromatic N) is 1. The van der Waals surface area contributed by atoms with E-state index in [0.717, 1.165) is 25.9 Å². The van der Waals surface area contributed by atoms with Gasteiger partial charge in [-0.2, -0.15) is 0 Å². The van der Waals surface area contributed by atoms with Crippen molar-refractivity contribution in [2.24, 2.45) is 5.73 Å². The summed E-state index contributed by atoms with van der Waals surface area (Å²) in [6.45, 7) is 1.78. The number of pyridine rings is 1. The molecule has 1 saturated heterocycles. The van der Waals surface area contributed by atoms with Crippen LogP contribution in [0.25, 0.3) is 0 Å². The predicted molar refractivity (Wildman–Crippen MR) is 73.4 cm³/mol. The van der Waals surface area contributed by atoms with Gasteiger partial charge in [0.05, 0.1) is 5.56 Å². The van der Waals surface area contributed by atoms with Crippen LogP contribution in [0.1, 0.15) is 33.7 Å². The highest BCUT2D eigenvalue weighted by atomic mass is 35.5. The summed E-state index contributed by atoms with van der Waals surface area (Å²) in [4.78, 5) is 26.7. The van der Waals surface area contributed by atoms with Gasteiger partial charge < -0.3 is 16.4 Å². The monoisotopic (exact) mass is 284 g/mol. The maximum atomic E-state index is 11.9. The molecule has 104 valence electrons. The van der Waals surface area contributed by atoms with E-state index in [2.05, 4.69) is 15.6 Å². The number of hydrogen-bond acceptors (Lipinski definition) is 4. The number of nitrogens with two attached hydrogens (primary N) is 1. The fraction of sp³-hybridized carbons (Fsp3) is 0.417. The van der Waals surface area contributed by atoms with Crippen molar-refractivity contribution in [2.75, 3.05) is 13.1 Å². The molecule has 1 aromatic heterocycles. The maximum Gasteiger partial charge on any atom is 0.270 e. The lowest BCUT2D eigenvalue weighted by Gasteiger charge is -2.23. The minimum Gasteiger partial charge on any atom is -0.366 e. The average molecular weight is 285 g/mol. The summed E-state index contributed by atoms with van der Waals surface area (Å²) < 4.78 is 0. The van der Waals surface area contributed by atoms with E-state index < -0.39 is 5.91 Å². The third-order valence-electron chi connectivity index (χ3n) is 2.91. The fourth-order valence-electron chi connectivity index (χ4n) is 1.91. The van der Waals surface area contributed by atoms with E-state index in [1.807, 2.05) is 0 Å². The quantitative estimate of drug-likeness (QED) is 0.732. The van der Waals surface area contributed by atoms with Crippen LogP contribution in [0.15, 0.2) is 18.3 Å². The summed E-state index contributed by atoms with van der Waals surface area (Å²) in [6, 6.07) is 3.15. The first kappa shape index (κ1) is 15.4. The van der Waals surface area contributed by atoms with Gasteiger partial charge in [0.25, 0.3) is 5.91 Å². The topological polar surface area (TPSA) is 97.1 Å². The minimum absolute atomic E-state index is 0. The summed E-state index contributed by atoms with van der Waals surface area (Å²) >= 11 is 0. The molecule has 1 aliphatic heterocycles. The molecule has 1 aliphatic rings. The number of nitrogens with one attached hydrogen (secondary N) is 2. The van der Waals surface area contributed by atoms with Crippen LogP contribution in [0.3, 0.4) is 0 Å². The molecular formula is C12H17ClN4O2. The molecule has 2 amide bonds. The second-order valence-corrected chi connectivity index (χ2v) is 4.31. The first-order valence-electron chi connectivity index (χ1n) is 5.94. The number of hydrogen-bond donors (Lipinski definition) is 3. The van der Waals surface area contributed by atoms with Crippen LogP contribution in [-0.2, 0) is 0 Å². The number of rotatable bonds is 3. The first-order chi connectivity index (χ1) is 8.66. The standard InChI is InChI=1S/C12H16N4O2.ClH/c13-11(17)8-3-4-10(15-6-8)12(18)16-9-2-1-5-14-7-9;/h3-4,6,9,14H,1-2,5,7H2,(H2,13,17)(H,16,18);1H/t9-;/m0./s1. The van der Waals surface area contributed by atoms with E-state index in [-0.39, 0.29) is 24.4 Å². The zero-order chi connectivity index (χ0) is 13.0. The Morgan fingerprint density at radius 2 is 2.21 bits per heavy atom. The number of amides is 2. The van der Waals surface area contributed by atoms with Crippen molar-refractivity contribution in [2.45, 2.75) is 18.9 Å². The largest absolute Gasteiger partial charge is 0.366 e. The van der Waals surface area contributed by atoms with Crippen LogP contribution in [0.2, 0.25) is 0 Å². The Bertz CT molecular complexity index is 444. The zero-order valence-electron chi connectivity index (χ0n) is 10.4. The molecule has 6 nitrogen and oxygen atoms in total. The van der Waals surface area contributed by atoms with Gasteiger partial charge in [-0.05, 0) is 31.5 Å². The Kier molecular flexibility index (Phi) is 5.72. The lowest BCUT2D eigenvalue weighted by molar-refractivity contribution is 0.0923. The van der Waals surface area contributed by atoms with Crippen LogP contribution >= 0.6 is 12.4 Å². The second-order valence-electron chi connectivity index (χ2n) is 4.31. The molecule has 2 rings (SSSR count). The van der Waals surface area contributed by atoms with Gasteiger partial charge in [-0.3, -0.25) is 14.6 Å². The van der Waals surface area contributed by atoms with Crippen molar-refractivity contribution in [1.29, 1.82) is 0 Å². The van der Waals surface area contributed by atoms with Gasteiger partial charge in [0.1, 0.15) is 5.69 Å². The minimum atomic E-state index is -0.550. The van der Waals surface area contributed by atoms with Crippen LogP contribution in [-0.4, -0.2) is 35.9 Å². The van der Waals surface area contributed by atoms with Gasteiger partial charge in [0.15, 0.2) is 0 Å². The van der Waals surface area contributed by atoms with E-state index >= 15 is 0 Å². The SMILES string of the molecule is Cl.NC(=O)c1ccc(C(=O)N[C@H]2CCCNC2)nc1. The van der Waals surface area contributed by atoms with Gasteiger partial charge >= 0.3 is 0 Å². The first-order valence-corrected chi connectivity index (χ1v) is 5.94. The summed E-state index contributed by atoms with van der Waals surface area (Å²) in [6.07, 6.45) is 3.34. The highest BCUT2D eigenvalue weighted by Gasteiger charge is 2.17. The van der Waals surface area contributed by atoms with Crippen molar-refractivity contribution in [1.82, 2.24) is 15.6 Å². The van der Waals surface area contributed by atoms with Gasteiger partial charge in [-0.15, -0.1) is 12.4 Å². The van der Waals surface area contributed by atoms with E-state index in [1.54, 1.807) is 0 Å². The Morgan fingerprint density at radius 3 is 2.74 bits per heavy atom. The Morgan fingerprint density at radius 1 is 1.42 bits per heavy atom. The molecule has 0 aliphatic carbocycles. The highest BCUT2D eigenvalue weighted by Crippen LogP contribution is 2.04. The third-order valence-corrected chi connectivity index (χ3v) is 2.91. The number of piperidine rings is 1. The van der Waals surface area contributed by atoms with E-state index in [9.17, 15) is 9.59 Å². The number of carbonyl (C=O) groups is 2. The van der Waals surface area contributed by atoms with E-state index in [4.69, 9.17) is 5.73 Å².